The molecule has 0 unspecified atom stereocenters. The number of H-pyrrole nitrogens is 1. The van der Waals surface area contributed by atoms with Crippen molar-refractivity contribution < 1.29 is 13.2 Å². The third kappa shape index (κ3) is 5.92. The fourth-order valence-electron chi connectivity index (χ4n) is 10.6. The van der Waals surface area contributed by atoms with Crippen LogP contribution >= 0.6 is 0 Å². The number of aromatic nitrogens is 4. The maximum atomic E-state index is 14.9. The molecule has 3 aromatic heterocycles. The summed E-state index contributed by atoms with van der Waals surface area (Å²) in [6, 6.07) is 66.7. The van der Waals surface area contributed by atoms with Crippen LogP contribution in [0.2, 0.25) is 0 Å². The topological polar surface area (TPSA) is 46.5 Å². The Morgan fingerprint density at radius 3 is 1.92 bits per heavy atom. The molecule has 0 radical (unpaired) electrons. The number of nitrogens with zero attached hydrogens (tertiary/aromatic N) is 3. The van der Waals surface area contributed by atoms with Crippen LogP contribution in [0.25, 0.3) is 72.2 Å². The fourth-order valence-corrected chi connectivity index (χ4v) is 10.6. The number of halogens is 3. The maximum absolute atomic E-state index is 14.9. The smallest absolute Gasteiger partial charge is 0.354 e. The third-order valence-electron chi connectivity index (χ3n) is 13.8. The van der Waals surface area contributed by atoms with Crippen LogP contribution in [0.3, 0.4) is 0 Å². The van der Waals surface area contributed by atoms with Crippen molar-refractivity contribution in [1.82, 2.24) is 19.5 Å². The molecule has 0 saturated carbocycles. The molecule has 0 saturated heterocycles. The molecule has 0 spiro atoms. The summed E-state index contributed by atoms with van der Waals surface area (Å²) in [6.45, 7) is 4.52. The minimum Gasteiger partial charge on any atom is -0.354 e. The Kier molecular flexibility index (Phi) is 8.84. The van der Waals surface area contributed by atoms with Gasteiger partial charge in [-0.2, -0.15) is 13.2 Å². The van der Waals surface area contributed by atoms with Gasteiger partial charge in [-0.25, -0.2) is 4.98 Å². The first kappa shape index (κ1) is 39.6. The number of pyridine rings is 1. The predicted molar refractivity (Wildman–Crippen MR) is 260 cm³/mol. The molecule has 66 heavy (non-hydrogen) atoms. The SMILES string of the molecule is CC(C)(c1ccccc1)c1ccnc(C2(c3cccc(-c4cccc5c4nc(-c4cc(C(F)(F)F)cc6c4[nH]c4ccccc46)n5-c4ccccc4)c3)c3ccccc3-c3ccccc32)c1. The second-order valence-electron chi connectivity index (χ2n) is 17.7. The summed E-state index contributed by atoms with van der Waals surface area (Å²) in [4.78, 5) is 14.1. The monoisotopic (exact) mass is 862 g/mol. The summed E-state index contributed by atoms with van der Waals surface area (Å²) in [5.41, 5.74) is 12.8. The molecule has 1 N–H and O–H groups in total. The number of rotatable bonds is 7. The van der Waals surface area contributed by atoms with Gasteiger partial charge in [0.2, 0.25) is 0 Å². The number of benzene rings is 8. The van der Waals surface area contributed by atoms with E-state index in [1.165, 1.54) is 17.7 Å². The summed E-state index contributed by atoms with van der Waals surface area (Å²) in [7, 11) is 0. The van der Waals surface area contributed by atoms with E-state index in [-0.39, 0.29) is 5.41 Å². The van der Waals surface area contributed by atoms with Gasteiger partial charge in [-0.3, -0.25) is 9.55 Å². The predicted octanol–water partition coefficient (Wildman–Crippen LogP) is 15.1. The number of alkyl halides is 3. The largest absolute Gasteiger partial charge is 0.416 e. The molecule has 1 aliphatic rings. The first-order valence-electron chi connectivity index (χ1n) is 22.1. The number of hydrogen-bond donors (Lipinski definition) is 1. The van der Waals surface area contributed by atoms with Gasteiger partial charge < -0.3 is 4.98 Å². The van der Waals surface area contributed by atoms with E-state index in [9.17, 15) is 13.2 Å². The van der Waals surface area contributed by atoms with Crippen molar-refractivity contribution in [3.8, 4) is 39.3 Å². The minimum atomic E-state index is -4.59. The zero-order chi connectivity index (χ0) is 44.8. The molecule has 318 valence electrons. The van der Waals surface area contributed by atoms with Crippen LogP contribution in [0.4, 0.5) is 13.2 Å². The molecule has 4 nitrogen and oxygen atoms in total. The summed E-state index contributed by atoms with van der Waals surface area (Å²) < 4.78 is 46.5. The molecular formula is C59H41F3N4. The molecule has 7 heteroatoms. The molecule has 11 aromatic rings. The summed E-state index contributed by atoms with van der Waals surface area (Å²) in [5.74, 6) is 0.402. The Hall–Kier alpha value is -8.03. The number of hydrogen-bond acceptors (Lipinski definition) is 2. The quantitative estimate of drug-likeness (QED) is 0.173. The second-order valence-corrected chi connectivity index (χ2v) is 17.7. The number of fused-ring (bicyclic) bond motifs is 7. The van der Waals surface area contributed by atoms with Crippen LogP contribution in [0.5, 0.6) is 0 Å². The van der Waals surface area contributed by atoms with Crippen molar-refractivity contribution >= 4 is 32.8 Å². The van der Waals surface area contributed by atoms with Gasteiger partial charge in [0.1, 0.15) is 5.82 Å². The van der Waals surface area contributed by atoms with Gasteiger partial charge in [0.15, 0.2) is 0 Å². The van der Waals surface area contributed by atoms with Crippen molar-refractivity contribution in [2.24, 2.45) is 0 Å². The molecule has 0 aliphatic heterocycles. The third-order valence-corrected chi connectivity index (χ3v) is 13.8. The van der Waals surface area contributed by atoms with Gasteiger partial charge in [-0.1, -0.05) is 159 Å². The number of para-hydroxylation sites is 3. The Morgan fingerprint density at radius 2 is 1.18 bits per heavy atom. The number of aromatic amines is 1. The first-order chi connectivity index (χ1) is 32.1. The fraction of sp³-hybridized carbons (Fsp3) is 0.0847. The normalized spacial score (nSPS) is 13.3. The summed E-state index contributed by atoms with van der Waals surface area (Å²) in [5, 5.41) is 1.20. The molecule has 1 aliphatic carbocycles. The van der Waals surface area contributed by atoms with Gasteiger partial charge >= 0.3 is 6.18 Å². The van der Waals surface area contributed by atoms with E-state index in [4.69, 9.17) is 9.97 Å². The van der Waals surface area contributed by atoms with Crippen molar-refractivity contribution in [2.45, 2.75) is 30.9 Å². The lowest BCUT2D eigenvalue weighted by Gasteiger charge is -2.34. The molecule has 0 atom stereocenters. The standard InChI is InChI=1S/C59H41F3N4/c1-57(2,38-18-5-3-6-19-38)39-31-32-63-53(36-39)58(49-27-12-9-23-44(49)45-24-10-13-28-50(45)58)40-20-15-17-37(33-40)43-26-16-30-52-55(43)65-56(66(52)42-21-7-4-8-22-42)48-35-41(59(60,61)62)34-47-46-25-11-14-29-51(46)64-54(47)48/h3-36,64H,1-2H3. The number of nitrogens with one attached hydrogen (secondary N) is 1. The summed E-state index contributed by atoms with van der Waals surface area (Å²) in [6.07, 6.45) is -2.64. The average molecular weight is 863 g/mol. The van der Waals surface area contributed by atoms with Crippen molar-refractivity contribution in [1.29, 1.82) is 0 Å². The van der Waals surface area contributed by atoms with E-state index in [1.807, 2.05) is 83.6 Å². The second kappa shape index (κ2) is 14.8. The van der Waals surface area contributed by atoms with Crippen molar-refractivity contribution in [2.75, 3.05) is 0 Å². The highest BCUT2D eigenvalue weighted by atomic mass is 19.4. The van der Waals surface area contributed by atoms with Gasteiger partial charge in [0.05, 0.1) is 33.2 Å². The molecule has 0 bridgehead atoms. The molecule has 0 amide bonds. The van der Waals surface area contributed by atoms with Crippen LogP contribution in [-0.4, -0.2) is 19.5 Å². The molecule has 3 heterocycles. The molecule has 12 rings (SSSR count). The zero-order valence-electron chi connectivity index (χ0n) is 36.1. The Morgan fingerprint density at radius 1 is 0.530 bits per heavy atom. The summed E-state index contributed by atoms with van der Waals surface area (Å²) >= 11 is 0. The van der Waals surface area contributed by atoms with Gasteiger partial charge in [0, 0.05) is 44.7 Å². The lowest BCUT2D eigenvalue weighted by atomic mass is 9.68. The van der Waals surface area contributed by atoms with E-state index in [2.05, 4.69) is 134 Å². The van der Waals surface area contributed by atoms with E-state index in [0.29, 0.717) is 33.2 Å². The van der Waals surface area contributed by atoms with Crippen LogP contribution < -0.4 is 0 Å². The van der Waals surface area contributed by atoms with Crippen molar-refractivity contribution in [3.63, 3.8) is 0 Å². The lowest BCUT2D eigenvalue weighted by Crippen LogP contribution is -2.31. The lowest BCUT2D eigenvalue weighted by molar-refractivity contribution is -0.137. The first-order valence-corrected chi connectivity index (χ1v) is 22.1. The molecular weight excluding hydrogens is 822 g/mol. The zero-order valence-corrected chi connectivity index (χ0v) is 36.1. The van der Waals surface area contributed by atoms with Gasteiger partial charge in [-0.05, 0) is 99.1 Å². The highest BCUT2D eigenvalue weighted by Gasteiger charge is 2.47. The Bertz CT molecular complexity index is 3630. The molecule has 0 fully saturated rings. The van der Waals surface area contributed by atoms with E-state index in [0.717, 1.165) is 66.9 Å². The van der Waals surface area contributed by atoms with Gasteiger partial charge in [-0.15, -0.1) is 0 Å². The van der Waals surface area contributed by atoms with E-state index in [1.54, 1.807) is 0 Å². The maximum Gasteiger partial charge on any atom is 0.416 e. The van der Waals surface area contributed by atoms with Crippen LogP contribution in [0, 0.1) is 0 Å². The van der Waals surface area contributed by atoms with Crippen LogP contribution in [0.1, 0.15) is 52.9 Å². The van der Waals surface area contributed by atoms with Gasteiger partial charge in [0.25, 0.3) is 0 Å². The average Bonchev–Trinajstić information content (AvgIpc) is 4.03. The van der Waals surface area contributed by atoms with Crippen LogP contribution in [0.15, 0.2) is 206 Å². The Balaban J connectivity index is 1.11. The highest BCUT2D eigenvalue weighted by molar-refractivity contribution is 6.12. The van der Waals surface area contributed by atoms with Crippen LogP contribution in [-0.2, 0) is 17.0 Å². The van der Waals surface area contributed by atoms with E-state index < -0.39 is 17.2 Å². The minimum absolute atomic E-state index is 0.317. The van der Waals surface area contributed by atoms with E-state index >= 15 is 0 Å². The van der Waals surface area contributed by atoms with Crippen molar-refractivity contribution in [3.05, 3.63) is 245 Å². The molecule has 8 aromatic carbocycles. The highest BCUT2D eigenvalue weighted by Crippen LogP contribution is 2.56. The number of imidazole rings is 1. The Labute approximate surface area is 379 Å².